The molecule has 0 saturated heterocycles. The molecule has 0 aliphatic rings. The molecule has 2 heterocycles. The van der Waals surface area contributed by atoms with Crippen molar-refractivity contribution in [3.63, 3.8) is 0 Å². The van der Waals surface area contributed by atoms with Crippen molar-refractivity contribution in [2.75, 3.05) is 7.11 Å². The molecule has 2 aromatic heterocycles. The molecule has 3 rings (SSSR count). The van der Waals surface area contributed by atoms with Crippen LogP contribution < -0.4 is 4.74 Å². The Morgan fingerprint density at radius 2 is 1.48 bits per heavy atom. The molecule has 0 saturated carbocycles. The molecule has 3 aromatic rings. The van der Waals surface area contributed by atoms with Crippen molar-refractivity contribution in [3.8, 4) is 11.5 Å². The predicted molar refractivity (Wildman–Crippen MR) is 115 cm³/mol. The summed E-state index contributed by atoms with van der Waals surface area (Å²) in [6, 6.07) is 15.7. The summed E-state index contributed by atoms with van der Waals surface area (Å²) < 4.78 is 5.51. The first kappa shape index (κ1) is 20.8. The van der Waals surface area contributed by atoms with Crippen LogP contribution in [-0.2, 0) is 25.0 Å². The second kappa shape index (κ2) is 9.05. The smallest absolute Gasteiger partial charge is 0.124 e. The number of nitrogens with zero attached hydrogens (tertiary/aromatic N) is 3. The van der Waals surface area contributed by atoms with Crippen molar-refractivity contribution in [2.45, 2.75) is 45.8 Å². The van der Waals surface area contributed by atoms with Gasteiger partial charge in [-0.05, 0) is 41.8 Å². The fraction of sp³-hybridized carbons (Fsp3) is 0.333. The molecule has 152 valence electrons. The van der Waals surface area contributed by atoms with Crippen molar-refractivity contribution < 1.29 is 9.84 Å². The molecule has 0 atom stereocenters. The fourth-order valence-corrected chi connectivity index (χ4v) is 3.33. The summed E-state index contributed by atoms with van der Waals surface area (Å²) >= 11 is 0. The highest BCUT2D eigenvalue weighted by Gasteiger charge is 2.23. The van der Waals surface area contributed by atoms with Gasteiger partial charge in [0.2, 0.25) is 0 Å². The van der Waals surface area contributed by atoms with E-state index in [0.717, 1.165) is 28.3 Å². The van der Waals surface area contributed by atoms with Gasteiger partial charge in [-0.1, -0.05) is 32.9 Å². The van der Waals surface area contributed by atoms with E-state index in [1.54, 1.807) is 19.5 Å². The minimum absolute atomic E-state index is 0.194. The Balaban J connectivity index is 1.94. The lowest BCUT2D eigenvalue weighted by molar-refractivity contribution is 0.237. The highest BCUT2D eigenvalue weighted by molar-refractivity contribution is 5.49. The topological polar surface area (TPSA) is 58.5 Å². The van der Waals surface area contributed by atoms with Crippen molar-refractivity contribution >= 4 is 0 Å². The number of pyridine rings is 2. The van der Waals surface area contributed by atoms with Gasteiger partial charge in [-0.3, -0.25) is 14.9 Å². The number of hydrogen-bond donors (Lipinski definition) is 1. The maximum absolute atomic E-state index is 11.0. The van der Waals surface area contributed by atoms with Gasteiger partial charge in [0.25, 0.3) is 0 Å². The monoisotopic (exact) mass is 391 g/mol. The number of aromatic hydroxyl groups is 1. The average molecular weight is 392 g/mol. The first-order valence-electron chi connectivity index (χ1n) is 9.79. The molecule has 0 fully saturated rings. The van der Waals surface area contributed by atoms with Crippen molar-refractivity contribution in [1.82, 2.24) is 14.9 Å². The van der Waals surface area contributed by atoms with Crippen LogP contribution in [0, 0.1) is 0 Å². The lowest BCUT2D eigenvalue weighted by Gasteiger charge is -2.26. The van der Waals surface area contributed by atoms with E-state index in [9.17, 15) is 5.11 Å². The summed E-state index contributed by atoms with van der Waals surface area (Å²) in [6.45, 7) is 8.12. The van der Waals surface area contributed by atoms with E-state index in [1.807, 2.05) is 48.5 Å². The minimum Gasteiger partial charge on any atom is -0.507 e. The van der Waals surface area contributed by atoms with Crippen molar-refractivity contribution in [3.05, 3.63) is 83.4 Å². The molecular weight excluding hydrogens is 362 g/mol. The number of phenolic OH excluding ortho intramolecular Hbond substituents is 1. The Bertz CT molecular complexity index is 881. The van der Waals surface area contributed by atoms with Crippen molar-refractivity contribution in [2.24, 2.45) is 0 Å². The van der Waals surface area contributed by atoms with Crippen LogP contribution in [0.1, 0.15) is 43.3 Å². The van der Waals surface area contributed by atoms with E-state index >= 15 is 0 Å². The van der Waals surface area contributed by atoms with Crippen LogP contribution in [0.15, 0.2) is 60.9 Å². The van der Waals surface area contributed by atoms with Gasteiger partial charge in [0.15, 0.2) is 0 Å². The van der Waals surface area contributed by atoms with E-state index < -0.39 is 0 Å². The second-order valence-electron chi connectivity index (χ2n) is 8.22. The lowest BCUT2D eigenvalue weighted by Crippen LogP contribution is -2.24. The lowest BCUT2D eigenvalue weighted by atomic mass is 9.85. The van der Waals surface area contributed by atoms with Gasteiger partial charge in [0.1, 0.15) is 11.5 Å². The van der Waals surface area contributed by atoms with Gasteiger partial charge in [-0.2, -0.15) is 0 Å². The summed E-state index contributed by atoms with van der Waals surface area (Å²) in [4.78, 5) is 11.2. The van der Waals surface area contributed by atoms with E-state index in [-0.39, 0.29) is 5.41 Å². The number of phenols is 1. The van der Waals surface area contributed by atoms with Crippen molar-refractivity contribution in [1.29, 1.82) is 0 Å². The van der Waals surface area contributed by atoms with Gasteiger partial charge in [0, 0.05) is 43.2 Å². The van der Waals surface area contributed by atoms with Crippen LogP contribution in [0.4, 0.5) is 0 Å². The predicted octanol–water partition coefficient (Wildman–Crippen LogP) is 4.69. The Labute approximate surface area is 173 Å². The third-order valence-electron chi connectivity index (χ3n) is 4.82. The highest BCUT2D eigenvalue weighted by atomic mass is 16.5. The fourth-order valence-electron chi connectivity index (χ4n) is 3.33. The number of ether oxygens (including phenoxy) is 1. The molecular formula is C24H29N3O2. The number of rotatable bonds is 7. The maximum Gasteiger partial charge on any atom is 0.124 e. The highest BCUT2D eigenvalue weighted by Crippen LogP contribution is 2.37. The number of aromatic nitrogens is 2. The Hall–Kier alpha value is -2.92. The van der Waals surface area contributed by atoms with Crippen LogP contribution >= 0.6 is 0 Å². The molecule has 0 unspecified atom stereocenters. The largest absolute Gasteiger partial charge is 0.507 e. The minimum atomic E-state index is -0.194. The molecule has 5 heteroatoms. The van der Waals surface area contributed by atoms with Crippen LogP contribution in [-0.4, -0.2) is 27.1 Å². The van der Waals surface area contributed by atoms with Crippen LogP contribution in [0.25, 0.3) is 0 Å². The molecule has 1 aromatic carbocycles. The summed E-state index contributed by atoms with van der Waals surface area (Å²) in [5.74, 6) is 1.07. The number of benzene rings is 1. The van der Waals surface area contributed by atoms with Gasteiger partial charge in [-0.15, -0.1) is 0 Å². The van der Waals surface area contributed by atoms with Crippen LogP contribution in [0.3, 0.4) is 0 Å². The Morgan fingerprint density at radius 1 is 0.897 bits per heavy atom. The molecule has 0 spiro atoms. The van der Waals surface area contributed by atoms with E-state index in [0.29, 0.717) is 25.4 Å². The van der Waals surface area contributed by atoms with Gasteiger partial charge < -0.3 is 9.84 Å². The van der Waals surface area contributed by atoms with E-state index in [4.69, 9.17) is 4.74 Å². The van der Waals surface area contributed by atoms with Gasteiger partial charge in [-0.25, -0.2) is 0 Å². The third kappa shape index (κ3) is 5.55. The second-order valence-corrected chi connectivity index (χ2v) is 8.22. The molecule has 0 bridgehead atoms. The first-order chi connectivity index (χ1) is 13.9. The normalized spacial score (nSPS) is 11.6. The Morgan fingerprint density at radius 3 is 1.93 bits per heavy atom. The zero-order valence-corrected chi connectivity index (χ0v) is 17.6. The number of methoxy groups -OCH3 is 1. The third-order valence-corrected chi connectivity index (χ3v) is 4.82. The Kier molecular flexibility index (Phi) is 6.49. The zero-order chi connectivity index (χ0) is 20.9. The maximum atomic E-state index is 11.0. The molecule has 5 nitrogen and oxygen atoms in total. The quantitative estimate of drug-likeness (QED) is 0.633. The molecule has 0 aliphatic carbocycles. The van der Waals surface area contributed by atoms with Gasteiger partial charge >= 0.3 is 0 Å². The summed E-state index contributed by atoms with van der Waals surface area (Å²) in [5, 5.41) is 11.0. The van der Waals surface area contributed by atoms with Crippen LogP contribution in [0.2, 0.25) is 0 Å². The summed E-state index contributed by atoms with van der Waals surface area (Å²) in [6.07, 6.45) is 3.60. The first-order valence-corrected chi connectivity index (χ1v) is 9.79. The average Bonchev–Trinajstić information content (AvgIpc) is 2.70. The summed E-state index contributed by atoms with van der Waals surface area (Å²) in [7, 11) is 1.65. The van der Waals surface area contributed by atoms with E-state index in [1.165, 1.54) is 0 Å². The molecule has 1 N–H and O–H groups in total. The van der Waals surface area contributed by atoms with Crippen LogP contribution in [0.5, 0.6) is 11.5 Å². The summed E-state index contributed by atoms with van der Waals surface area (Å²) in [5.41, 5.74) is 3.47. The SMILES string of the molecule is COc1cc(CN(Cc2ccccn2)Cc2ccccn2)c(O)c(C(C)(C)C)c1. The molecule has 0 amide bonds. The standard InChI is InChI=1S/C24H29N3O2/c1-24(2,3)22-14-21(29-4)13-18(23(22)28)15-27(16-19-9-5-7-11-25-19)17-20-10-6-8-12-26-20/h5-14,28H,15-17H2,1-4H3. The van der Waals surface area contributed by atoms with Gasteiger partial charge in [0.05, 0.1) is 18.5 Å². The molecule has 0 aliphatic heterocycles. The molecule has 29 heavy (non-hydrogen) atoms. The zero-order valence-electron chi connectivity index (χ0n) is 17.6. The molecule has 0 radical (unpaired) electrons. The number of hydrogen-bond acceptors (Lipinski definition) is 5. The van der Waals surface area contributed by atoms with E-state index in [2.05, 4.69) is 35.6 Å².